The normalized spacial score (nSPS) is 11.2. The van der Waals surface area contributed by atoms with Crippen molar-refractivity contribution < 1.29 is 23.1 Å². The summed E-state index contributed by atoms with van der Waals surface area (Å²) in [4.78, 5) is 29.4. The Balaban J connectivity index is 1.87. The molecule has 37 heavy (non-hydrogen) atoms. The fourth-order valence-electron chi connectivity index (χ4n) is 3.84. The fraction of sp³-hybridized carbons (Fsp3) is 0.120. The summed E-state index contributed by atoms with van der Waals surface area (Å²) in [7, 11) is 1.39. The van der Waals surface area contributed by atoms with Crippen molar-refractivity contribution in [1.82, 2.24) is 4.98 Å². The van der Waals surface area contributed by atoms with Crippen LogP contribution in [0.15, 0.2) is 42.5 Å². The molecule has 0 saturated heterocycles. The number of amides is 2. The lowest BCUT2D eigenvalue weighted by atomic mass is 9.96. The molecule has 7 N–H and O–H groups in total. The van der Waals surface area contributed by atoms with Gasteiger partial charge in [-0.25, -0.2) is 13.8 Å². The minimum absolute atomic E-state index is 0.00733. The van der Waals surface area contributed by atoms with Gasteiger partial charge in [0.2, 0.25) is 0 Å². The number of nitrogens with two attached hydrogens (primary N) is 3. The van der Waals surface area contributed by atoms with Gasteiger partial charge in [0.25, 0.3) is 17.7 Å². The molecule has 188 valence electrons. The smallest absolute Gasteiger partial charge is 0.270 e. The summed E-state index contributed by atoms with van der Waals surface area (Å²) in [6, 6.07) is 11.8. The van der Waals surface area contributed by atoms with Gasteiger partial charge in [-0.2, -0.15) is 5.26 Å². The minimum Gasteiger partial charge on any atom is -0.495 e. The Hall–Kier alpha value is -4.76. The molecule has 2 heterocycles. The first-order chi connectivity index (χ1) is 17.5. The molecule has 0 unspecified atom stereocenters. The molecule has 0 aliphatic rings. The molecule has 0 aliphatic heterocycles. The van der Waals surface area contributed by atoms with Gasteiger partial charge in [0.1, 0.15) is 32.9 Å². The average Bonchev–Trinajstić information content (AvgIpc) is 3.18. The molecule has 0 spiro atoms. The highest BCUT2D eigenvalue weighted by molar-refractivity contribution is 7.21. The molecule has 0 bridgehead atoms. The first-order valence-corrected chi connectivity index (χ1v) is 11.5. The Morgan fingerprint density at radius 3 is 2.54 bits per heavy atom. The number of hydrogen-bond acceptors (Lipinski definition) is 8. The summed E-state index contributed by atoms with van der Waals surface area (Å²) < 4.78 is 32.9. The number of anilines is 3. The Kier molecular flexibility index (Phi) is 6.41. The number of nitriles is 1. The number of nitrogens with one attached hydrogen (secondary N) is 1. The fourth-order valence-corrected chi connectivity index (χ4v) is 4.81. The summed E-state index contributed by atoms with van der Waals surface area (Å²) in [6.07, 6.45) is 0. The van der Waals surface area contributed by atoms with E-state index in [0.29, 0.717) is 15.8 Å². The number of alkyl halides is 2. The van der Waals surface area contributed by atoms with Gasteiger partial charge in [0.05, 0.1) is 18.5 Å². The number of halogens is 2. The zero-order chi connectivity index (χ0) is 27.1. The zero-order valence-corrected chi connectivity index (χ0v) is 20.4. The van der Waals surface area contributed by atoms with Gasteiger partial charge in [-0.15, -0.1) is 11.3 Å². The number of rotatable bonds is 6. The lowest BCUT2D eigenvalue weighted by Crippen LogP contribution is -2.15. The maximum atomic E-state index is 13.8. The monoisotopic (exact) mass is 522 g/mol. The van der Waals surface area contributed by atoms with Crippen molar-refractivity contribution in [2.75, 3.05) is 23.9 Å². The quantitative estimate of drug-likeness (QED) is 0.289. The number of nitrogen functional groups attached to an aromatic ring is 2. The maximum absolute atomic E-state index is 13.8. The number of methoxy groups -OCH3 is 1. The van der Waals surface area contributed by atoms with Crippen LogP contribution in [0.2, 0.25) is 0 Å². The molecule has 2 aromatic carbocycles. The number of hydrogen-bond donors (Lipinski definition) is 4. The highest BCUT2D eigenvalue weighted by atomic mass is 32.1. The number of primary amides is 1. The molecule has 2 aromatic heterocycles. The number of thiophene rings is 1. The number of pyridine rings is 1. The second-order valence-corrected chi connectivity index (χ2v) is 9.09. The van der Waals surface area contributed by atoms with Crippen molar-refractivity contribution in [1.29, 1.82) is 5.26 Å². The third-order valence-electron chi connectivity index (χ3n) is 5.61. The van der Waals surface area contributed by atoms with E-state index in [2.05, 4.69) is 10.3 Å². The maximum Gasteiger partial charge on any atom is 0.270 e. The first-order valence-electron chi connectivity index (χ1n) is 10.7. The molecule has 4 rings (SSSR count). The Bertz CT molecular complexity index is 1620. The molecular weight excluding hydrogens is 502 g/mol. The molecule has 0 fully saturated rings. The number of carbonyl (C=O) groups excluding carboxylic acids is 2. The molecule has 4 aromatic rings. The minimum atomic E-state index is -3.13. The number of benzene rings is 2. The van der Waals surface area contributed by atoms with E-state index in [0.717, 1.165) is 24.3 Å². The highest BCUT2D eigenvalue weighted by Crippen LogP contribution is 2.44. The van der Waals surface area contributed by atoms with E-state index in [-0.39, 0.29) is 50.1 Å². The SMILES string of the molecule is COc1ccc(-c2c(C#N)c(N)nc3sc(C(N)=O)c(N)c23)cc1NC(=O)c1cccc(C(C)(F)F)c1. The standard InChI is InChI=1S/C25H20F2N6O3S/c1-25(26,27)13-5-3-4-12(8-13)23(35)32-15-9-11(6-7-16(15)36-2)17-14(10-28)21(30)33-24-18(17)19(29)20(37-24)22(31)34/h3-9H,29H2,1-2H3,(H2,30,33)(H2,31,34)(H,32,35). The van der Waals surface area contributed by atoms with Crippen LogP contribution in [-0.2, 0) is 5.92 Å². The van der Waals surface area contributed by atoms with Crippen LogP contribution in [0.4, 0.5) is 26.0 Å². The van der Waals surface area contributed by atoms with Crippen LogP contribution >= 0.6 is 11.3 Å². The van der Waals surface area contributed by atoms with Crippen molar-refractivity contribution >= 4 is 50.6 Å². The number of nitrogens with zero attached hydrogens (tertiary/aromatic N) is 2. The second-order valence-electron chi connectivity index (χ2n) is 8.09. The van der Waals surface area contributed by atoms with Gasteiger partial charge >= 0.3 is 0 Å². The molecule has 0 aliphatic carbocycles. The van der Waals surface area contributed by atoms with Crippen LogP contribution in [-0.4, -0.2) is 23.9 Å². The van der Waals surface area contributed by atoms with E-state index in [1.165, 1.54) is 31.4 Å². The summed E-state index contributed by atoms with van der Waals surface area (Å²) >= 11 is 0.941. The van der Waals surface area contributed by atoms with Crippen molar-refractivity contribution in [2.45, 2.75) is 12.8 Å². The molecule has 2 amide bonds. The van der Waals surface area contributed by atoms with Crippen molar-refractivity contribution in [3.8, 4) is 22.9 Å². The summed E-state index contributed by atoms with van der Waals surface area (Å²) in [6.45, 7) is 0.740. The van der Waals surface area contributed by atoms with Crippen LogP contribution in [0.5, 0.6) is 5.75 Å². The molecular formula is C25H20F2N6O3S. The molecule has 9 nitrogen and oxygen atoms in total. The topological polar surface area (TPSA) is 170 Å². The van der Waals surface area contributed by atoms with Gasteiger partial charge < -0.3 is 27.3 Å². The number of carbonyl (C=O) groups is 2. The van der Waals surface area contributed by atoms with Gasteiger partial charge in [-0.3, -0.25) is 9.59 Å². The Morgan fingerprint density at radius 2 is 1.92 bits per heavy atom. The van der Waals surface area contributed by atoms with Crippen LogP contribution in [0, 0.1) is 11.3 Å². The number of ether oxygens (including phenoxy) is 1. The van der Waals surface area contributed by atoms with Crippen molar-refractivity contribution in [3.05, 3.63) is 64.0 Å². The van der Waals surface area contributed by atoms with E-state index >= 15 is 0 Å². The van der Waals surface area contributed by atoms with E-state index in [1.807, 2.05) is 6.07 Å². The predicted octanol–water partition coefficient (Wildman–Crippen LogP) is 4.47. The van der Waals surface area contributed by atoms with Gasteiger partial charge in [0, 0.05) is 29.0 Å². The summed E-state index contributed by atoms with van der Waals surface area (Å²) in [5, 5.41) is 12.8. The summed E-state index contributed by atoms with van der Waals surface area (Å²) in [5.41, 5.74) is 18.3. The average molecular weight is 523 g/mol. The third kappa shape index (κ3) is 4.60. The summed E-state index contributed by atoms with van der Waals surface area (Å²) in [5.74, 6) is -4.36. The lowest BCUT2D eigenvalue weighted by Gasteiger charge is -2.15. The molecule has 0 radical (unpaired) electrons. The zero-order valence-electron chi connectivity index (χ0n) is 19.6. The van der Waals surface area contributed by atoms with Crippen molar-refractivity contribution in [2.24, 2.45) is 5.73 Å². The number of fused-ring (bicyclic) bond motifs is 1. The second kappa shape index (κ2) is 9.36. The van der Waals surface area contributed by atoms with Crippen LogP contribution in [0.3, 0.4) is 0 Å². The Morgan fingerprint density at radius 1 is 1.19 bits per heavy atom. The van der Waals surface area contributed by atoms with Gasteiger partial charge in [-0.1, -0.05) is 18.2 Å². The first kappa shape index (κ1) is 25.3. The van der Waals surface area contributed by atoms with Crippen molar-refractivity contribution in [3.63, 3.8) is 0 Å². The van der Waals surface area contributed by atoms with Gasteiger partial charge in [0.15, 0.2) is 0 Å². The largest absolute Gasteiger partial charge is 0.495 e. The number of aromatic nitrogens is 1. The van der Waals surface area contributed by atoms with E-state index in [1.54, 1.807) is 12.1 Å². The third-order valence-corrected chi connectivity index (χ3v) is 6.72. The van der Waals surface area contributed by atoms with Crippen LogP contribution < -0.4 is 27.3 Å². The van der Waals surface area contributed by atoms with E-state index in [4.69, 9.17) is 21.9 Å². The highest BCUT2D eigenvalue weighted by Gasteiger charge is 2.26. The predicted molar refractivity (Wildman–Crippen MR) is 138 cm³/mol. The van der Waals surface area contributed by atoms with Crippen LogP contribution in [0.25, 0.3) is 21.3 Å². The molecule has 0 atom stereocenters. The Labute approximate surface area is 213 Å². The lowest BCUT2D eigenvalue weighted by molar-refractivity contribution is 0.0174. The van der Waals surface area contributed by atoms with E-state index < -0.39 is 17.7 Å². The molecule has 12 heteroatoms. The van der Waals surface area contributed by atoms with E-state index in [9.17, 15) is 23.6 Å². The van der Waals surface area contributed by atoms with Gasteiger partial charge in [-0.05, 0) is 29.8 Å². The van der Waals surface area contributed by atoms with Crippen LogP contribution in [0.1, 0.15) is 38.1 Å². The molecule has 0 saturated carbocycles.